The number of amides is 1. The Bertz CT molecular complexity index is 664. The lowest BCUT2D eigenvalue weighted by Gasteiger charge is -2.19. The van der Waals surface area contributed by atoms with Crippen LogP contribution in [0.4, 0.5) is 0 Å². The summed E-state index contributed by atoms with van der Waals surface area (Å²) >= 11 is 0. The second kappa shape index (κ2) is 8.13. The molecule has 23 heavy (non-hydrogen) atoms. The van der Waals surface area contributed by atoms with E-state index in [1.165, 1.54) is 0 Å². The first-order valence-electron chi connectivity index (χ1n) is 7.74. The van der Waals surface area contributed by atoms with E-state index in [-0.39, 0.29) is 5.91 Å². The van der Waals surface area contributed by atoms with Crippen molar-refractivity contribution in [3.8, 4) is 5.75 Å². The van der Waals surface area contributed by atoms with Gasteiger partial charge < -0.3 is 9.64 Å². The first-order chi connectivity index (χ1) is 11.2. The molecule has 0 aromatic heterocycles. The third-order valence-corrected chi connectivity index (χ3v) is 3.68. The summed E-state index contributed by atoms with van der Waals surface area (Å²) in [6.45, 7) is 5.47. The number of carbonyl (C=O) groups excluding carboxylic acids is 2. The van der Waals surface area contributed by atoms with Crippen molar-refractivity contribution in [1.29, 1.82) is 0 Å². The van der Waals surface area contributed by atoms with Crippen LogP contribution in [0, 0.1) is 0 Å². The molecular formula is C19H21NO3. The highest BCUT2D eigenvalue weighted by molar-refractivity contribution is 6.01. The first kappa shape index (κ1) is 16.7. The van der Waals surface area contributed by atoms with Crippen molar-refractivity contribution in [2.45, 2.75) is 20.5 Å². The fourth-order valence-corrected chi connectivity index (χ4v) is 2.34. The van der Waals surface area contributed by atoms with E-state index >= 15 is 0 Å². The SMILES string of the molecule is CCN(CC)C(=O)c1ccc(OCc2ccccc2)cc1C=O. The molecule has 2 rings (SSSR count). The molecule has 4 heteroatoms. The zero-order valence-electron chi connectivity index (χ0n) is 13.5. The van der Waals surface area contributed by atoms with Gasteiger partial charge in [-0.15, -0.1) is 0 Å². The van der Waals surface area contributed by atoms with Crippen LogP contribution in [-0.4, -0.2) is 30.2 Å². The number of aldehydes is 1. The van der Waals surface area contributed by atoms with Crippen LogP contribution in [-0.2, 0) is 6.61 Å². The van der Waals surface area contributed by atoms with Gasteiger partial charge in [-0.3, -0.25) is 9.59 Å². The quantitative estimate of drug-likeness (QED) is 0.735. The zero-order chi connectivity index (χ0) is 16.7. The third-order valence-electron chi connectivity index (χ3n) is 3.68. The number of carbonyl (C=O) groups is 2. The number of nitrogens with zero attached hydrogens (tertiary/aromatic N) is 1. The fourth-order valence-electron chi connectivity index (χ4n) is 2.34. The third kappa shape index (κ3) is 4.19. The molecule has 0 aliphatic rings. The molecule has 0 heterocycles. The second-order valence-electron chi connectivity index (χ2n) is 5.12. The van der Waals surface area contributed by atoms with Gasteiger partial charge in [0.25, 0.3) is 5.91 Å². The van der Waals surface area contributed by atoms with Crippen molar-refractivity contribution >= 4 is 12.2 Å². The van der Waals surface area contributed by atoms with Crippen molar-refractivity contribution in [1.82, 2.24) is 4.90 Å². The highest BCUT2D eigenvalue weighted by atomic mass is 16.5. The van der Waals surface area contributed by atoms with Crippen LogP contribution in [0.2, 0.25) is 0 Å². The maximum Gasteiger partial charge on any atom is 0.254 e. The van der Waals surface area contributed by atoms with E-state index in [0.29, 0.717) is 42.9 Å². The zero-order valence-corrected chi connectivity index (χ0v) is 13.5. The Labute approximate surface area is 136 Å². The molecule has 2 aromatic rings. The molecule has 0 radical (unpaired) electrons. The van der Waals surface area contributed by atoms with E-state index in [0.717, 1.165) is 5.56 Å². The van der Waals surface area contributed by atoms with Gasteiger partial charge in [0.05, 0.1) is 5.56 Å². The lowest BCUT2D eigenvalue weighted by molar-refractivity contribution is 0.0770. The van der Waals surface area contributed by atoms with Gasteiger partial charge in [-0.05, 0) is 37.6 Å². The average Bonchev–Trinajstić information content (AvgIpc) is 2.61. The van der Waals surface area contributed by atoms with Gasteiger partial charge in [-0.1, -0.05) is 30.3 Å². The Kier molecular flexibility index (Phi) is 5.92. The van der Waals surface area contributed by atoms with E-state index < -0.39 is 0 Å². The van der Waals surface area contributed by atoms with Crippen LogP contribution >= 0.6 is 0 Å². The Hall–Kier alpha value is -2.62. The second-order valence-corrected chi connectivity index (χ2v) is 5.12. The lowest BCUT2D eigenvalue weighted by Crippen LogP contribution is -2.31. The number of ether oxygens (including phenoxy) is 1. The van der Waals surface area contributed by atoms with Gasteiger partial charge in [0.15, 0.2) is 6.29 Å². The minimum absolute atomic E-state index is 0.133. The summed E-state index contributed by atoms with van der Waals surface area (Å²) in [7, 11) is 0. The lowest BCUT2D eigenvalue weighted by atomic mass is 10.1. The Morgan fingerprint density at radius 1 is 1.09 bits per heavy atom. The Balaban J connectivity index is 2.16. The highest BCUT2D eigenvalue weighted by Gasteiger charge is 2.16. The molecule has 0 fully saturated rings. The van der Waals surface area contributed by atoms with Crippen LogP contribution in [0.1, 0.15) is 40.1 Å². The molecule has 0 saturated carbocycles. The number of rotatable bonds is 7. The molecule has 0 saturated heterocycles. The molecule has 120 valence electrons. The molecular weight excluding hydrogens is 290 g/mol. The molecule has 0 unspecified atom stereocenters. The van der Waals surface area contributed by atoms with Crippen LogP contribution in [0.3, 0.4) is 0 Å². The van der Waals surface area contributed by atoms with E-state index in [4.69, 9.17) is 4.74 Å². The standard InChI is InChI=1S/C19H21NO3/c1-3-20(4-2)19(22)18-11-10-17(12-16(18)13-21)23-14-15-8-6-5-7-9-15/h5-13H,3-4,14H2,1-2H3. The maximum absolute atomic E-state index is 12.4. The summed E-state index contributed by atoms with van der Waals surface area (Å²) in [6, 6.07) is 14.8. The smallest absolute Gasteiger partial charge is 0.254 e. The van der Waals surface area contributed by atoms with Crippen molar-refractivity contribution in [3.63, 3.8) is 0 Å². The molecule has 0 atom stereocenters. The maximum atomic E-state index is 12.4. The predicted octanol–water partition coefficient (Wildman–Crippen LogP) is 3.56. The number of hydrogen-bond donors (Lipinski definition) is 0. The first-order valence-corrected chi connectivity index (χ1v) is 7.74. The molecule has 0 aliphatic carbocycles. The molecule has 0 bridgehead atoms. The molecule has 2 aromatic carbocycles. The Morgan fingerprint density at radius 2 is 1.78 bits per heavy atom. The van der Waals surface area contributed by atoms with E-state index in [1.807, 2.05) is 44.2 Å². The molecule has 0 N–H and O–H groups in total. The van der Waals surface area contributed by atoms with Gasteiger partial charge in [0.2, 0.25) is 0 Å². The Morgan fingerprint density at radius 3 is 2.39 bits per heavy atom. The minimum Gasteiger partial charge on any atom is -0.489 e. The fraction of sp³-hybridized carbons (Fsp3) is 0.263. The summed E-state index contributed by atoms with van der Waals surface area (Å²) in [5.41, 5.74) is 1.81. The molecule has 1 amide bonds. The predicted molar refractivity (Wildman–Crippen MR) is 89.9 cm³/mol. The van der Waals surface area contributed by atoms with Crippen molar-refractivity contribution in [2.24, 2.45) is 0 Å². The van der Waals surface area contributed by atoms with Crippen molar-refractivity contribution in [3.05, 3.63) is 65.2 Å². The van der Waals surface area contributed by atoms with Gasteiger partial charge in [-0.2, -0.15) is 0 Å². The van der Waals surface area contributed by atoms with Crippen molar-refractivity contribution < 1.29 is 14.3 Å². The van der Waals surface area contributed by atoms with Gasteiger partial charge in [0, 0.05) is 18.7 Å². The van der Waals surface area contributed by atoms with Crippen LogP contribution in [0.5, 0.6) is 5.75 Å². The number of benzene rings is 2. The van der Waals surface area contributed by atoms with Crippen LogP contribution < -0.4 is 4.74 Å². The van der Waals surface area contributed by atoms with E-state index in [9.17, 15) is 9.59 Å². The summed E-state index contributed by atoms with van der Waals surface area (Å²) in [6.07, 6.45) is 0.701. The van der Waals surface area contributed by atoms with E-state index in [1.54, 1.807) is 23.1 Å². The minimum atomic E-state index is -0.133. The van der Waals surface area contributed by atoms with Gasteiger partial charge >= 0.3 is 0 Å². The van der Waals surface area contributed by atoms with Crippen molar-refractivity contribution in [2.75, 3.05) is 13.1 Å². The van der Waals surface area contributed by atoms with Gasteiger partial charge in [-0.25, -0.2) is 0 Å². The molecule has 0 aliphatic heterocycles. The summed E-state index contributed by atoms with van der Waals surface area (Å²) in [5, 5.41) is 0. The summed E-state index contributed by atoms with van der Waals surface area (Å²) in [4.78, 5) is 25.4. The van der Waals surface area contributed by atoms with Crippen LogP contribution in [0.25, 0.3) is 0 Å². The van der Waals surface area contributed by atoms with E-state index in [2.05, 4.69) is 0 Å². The summed E-state index contributed by atoms with van der Waals surface area (Å²) in [5.74, 6) is 0.443. The molecule has 4 nitrogen and oxygen atoms in total. The number of hydrogen-bond acceptors (Lipinski definition) is 3. The monoisotopic (exact) mass is 311 g/mol. The normalized spacial score (nSPS) is 10.2. The topological polar surface area (TPSA) is 46.6 Å². The summed E-state index contributed by atoms with van der Waals surface area (Å²) < 4.78 is 5.70. The molecule has 0 spiro atoms. The van der Waals surface area contributed by atoms with Gasteiger partial charge in [0.1, 0.15) is 12.4 Å². The average molecular weight is 311 g/mol. The highest BCUT2D eigenvalue weighted by Crippen LogP contribution is 2.19. The van der Waals surface area contributed by atoms with Crippen LogP contribution in [0.15, 0.2) is 48.5 Å². The largest absolute Gasteiger partial charge is 0.489 e.